The van der Waals surface area contributed by atoms with Crippen LogP contribution in [0.4, 0.5) is 0 Å². The van der Waals surface area contributed by atoms with Crippen molar-refractivity contribution in [3.63, 3.8) is 0 Å². The molecule has 5 heterocycles. The number of hydrogen-bond acceptors (Lipinski definition) is 5. The minimum atomic E-state index is 0.632. The van der Waals surface area contributed by atoms with Gasteiger partial charge < -0.3 is 8.98 Å². The van der Waals surface area contributed by atoms with E-state index in [0.29, 0.717) is 5.82 Å². The Balaban J connectivity index is 1.08. The lowest BCUT2D eigenvalue weighted by molar-refractivity contribution is 0.669. The molecule has 0 saturated heterocycles. The zero-order valence-electron chi connectivity index (χ0n) is 34.6. The molecule has 64 heavy (non-hydrogen) atoms. The summed E-state index contributed by atoms with van der Waals surface area (Å²) in [5.41, 5.74) is 10.9. The first-order valence-electron chi connectivity index (χ1n) is 21.8. The molecule has 0 aliphatic rings. The Morgan fingerprint density at radius 1 is 0.453 bits per heavy atom. The van der Waals surface area contributed by atoms with Crippen LogP contribution in [-0.2, 0) is 6.42 Å². The average molecular weight is 854 g/mol. The predicted molar refractivity (Wildman–Crippen MR) is 273 cm³/mol. The summed E-state index contributed by atoms with van der Waals surface area (Å²) in [6.45, 7) is 2.23. The Hall–Kier alpha value is -7.64. The minimum absolute atomic E-state index is 0.632. The molecule has 9 aromatic carbocycles. The van der Waals surface area contributed by atoms with E-state index in [2.05, 4.69) is 187 Å². The standard InChI is InChI=1S/C58H35N3OS2/c1-2-38-55(35-23-25-43-41-17-7-11-21-51(41)63-53(43)29-35)59-58(60-56(38)36-24-26-44-42-18-8-12-22-52(42)64-54(44)30-36)47-32-37(31-46-40-16-6-10-20-50(40)62-57(46)47)61-48-19-9-5-15-39(48)45-27-33-13-3-4-14-34(33)28-49(45)61/h3-32H,2H2,1H3. The van der Waals surface area contributed by atoms with Gasteiger partial charge in [-0.2, -0.15) is 0 Å². The van der Waals surface area contributed by atoms with Crippen molar-refractivity contribution in [2.24, 2.45) is 0 Å². The number of aromatic nitrogens is 3. The van der Waals surface area contributed by atoms with E-state index in [4.69, 9.17) is 14.4 Å². The molecule has 0 radical (unpaired) electrons. The molecule has 300 valence electrons. The summed E-state index contributed by atoms with van der Waals surface area (Å²) in [5, 5.41) is 12.0. The summed E-state index contributed by atoms with van der Waals surface area (Å²) in [4.78, 5) is 11.3. The summed E-state index contributed by atoms with van der Waals surface area (Å²) in [6.07, 6.45) is 0.759. The highest BCUT2D eigenvalue weighted by molar-refractivity contribution is 7.26. The molecule has 14 rings (SSSR count). The van der Waals surface area contributed by atoms with E-state index >= 15 is 0 Å². The third-order valence-electron chi connectivity index (χ3n) is 13.2. The molecule has 6 heteroatoms. The smallest absolute Gasteiger partial charge is 0.164 e. The van der Waals surface area contributed by atoms with E-state index in [1.165, 1.54) is 61.9 Å². The van der Waals surface area contributed by atoms with Crippen molar-refractivity contribution >= 4 is 118 Å². The van der Waals surface area contributed by atoms with Gasteiger partial charge in [-0.15, -0.1) is 22.7 Å². The fraction of sp³-hybridized carbons (Fsp3) is 0.0345. The number of furan rings is 1. The van der Waals surface area contributed by atoms with Crippen LogP contribution in [0.25, 0.3) is 134 Å². The average Bonchev–Trinajstić information content (AvgIpc) is 4.11. The van der Waals surface area contributed by atoms with Crippen molar-refractivity contribution in [3.05, 3.63) is 188 Å². The topological polar surface area (TPSA) is 43.9 Å². The number of thiophene rings is 2. The number of fused-ring (bicyclic) bond motifs is 13. The van der Waals surface area contributed by atoms with Crippen molar-refractivity contribution in [3.8, 4) is 39.6 Å². The van der Waals surface area contributed by atoms with Crippen LogP contribution >= 0.6 is 22.7 Å². The van der Waals surface area contributed by atoms with E-state index < -0.39 is 0 Å². The Kier molecular flexibility index (Phi) is 7.67. The van der Waals surface area contributed by atoms with Crippen LogP contribution in [-0.4, -0.2) is 14.5 Å². The van der Waals surface area contributed by atoms with Gasteiger partial charge in [0.25, 0.3) is 0 Å². The highest BCUT2D eigenvalue weighted by atomic mass is 32.1. The lowest BCUT2D eigenvalue weighted by Gasteiger charge is -2.17. The first-order chi connectivity index (χ1) is 31.6. The Labute approximate surface area is 374 Å². The maximum atomic E-state index is 6.89. The van der Waals surface area contributed by atoms with Crippen LogP contribution in [0, 0.1) is 0 Å². The van der Waals surface area contributed by atoms with Gasteiger partial charge in [0.1, 0.15) is 11.2 Å². The highest BCUT2D eigenvalue weighted by Gasteiger charge is 2.24. The third kappa shape index (κ3) is 5.27. The largest absolute Gasteiger partial charge is 0.455 e. The van der Waals surface area contributed by atoms with Crippen molar-refractivity contribution in [1.82, 2.24) is 14.5 Å². The number of para-hydroxylation sites is 2. The van der Waals surface area contributed by atoms with E-state index in [9.17, 15) is 0 Å². The van der Waals surface area contributed by atoms with Gasteiger partial charge in [0.15, 0.2) is 5.82 Å². The van der Waals surface area contributed by atoms with Gasteiger partial charge in [-0.25, -0.2) is 9.97 Å². The van der Waals surface area contributed by atoms with E-state index in [-0.39, 0.29) is 0 Å². The van der Waals surface area contributed by atoms with Crippen LogP contribution in [0.3, 0.4) is 0 Å². The summed E-state index contributed by atoms with van der Waals surface area (Å²) in [6, 6.07) is 66.0. The quantitative estimate of drug-likeness (QED) is 0.173. The summed E-state index contributed by atoms with van der Waals surface area (Å²) in [5.74, 6) is 0.632. The molecule has 0 aliphatic carbocycles. The van der Waals surface area contributed by atoms with Crippen LogP contribution in [0.15, 0.2) is 186 Å². The zero-order chi connectivity index (χ0) is 42.0. The van der Waals surface area contributed by atoms with Gasteiger partial charge in [-0.3, -0.25) is 0 Å². The third-order valence-corrected chi connectivity index (χ3v) is 15.4. The number of nitrogens with zero attached hydrogens (tertiary/aromatic N) is 3. The van der Waals surface area contributed by atoms with E-state index in [1.54, 1.807) is 0 Å². The van der Waals surface area contributed by atoms with Crippen molar-refractivity contribution in [2.75, 3.05) is 0 Å². The van der Waals surface area contributed by atoms with Crippen molar-refractivity contribution in [1.29, 1.82) is 0 Å². The Bertz CT molecular complexity index is 4130. The normalized spacial score (nSPS) is 12.2. The fourth-order valence-electron chi connectivity index (χ4n) is 10.2. The molecule has 0 amide bonds. The maximum absolute atomic E-state index is 6.89. The predicted octanol–water partition coefficient (Wildman–Crippen LogP) is 16.9. The van der Waals surface area contributed by atoms with Gasteiger partial charge in [0, 0.05) is 84.3 Å². The highest BCUT2D eigenvalue weighted by Crippen LogP contribution is 2.44. The molecular weight excluding hydrogens is 819 g/mol. The van der Waals surface area contributed by atoms with Crippen molar-refractivity contribution < 1.29 is 4.42 Å². The maximum Gasteiger partial charge on any atom is 0.164 e. The molecule has 0 spiro atoms. The monoisotopic (exact) mass is 853 g/mol. The molecule has 0 aliphatic heterocycles. The number of rotatable bonds is 5. The molecular formula is C58H35N3OS2. The molecule has 4 nitrogen and oxygen atoms in total. The van der Waals surface area contributed by atoms with Gasteiger partial charge in [0.05, 0.1) is 28.0 Å². The van der Waals surface area contributed by atoms with Gasteiger partial charge in [-0.05, 0) is 77.9 Å². The molecule has 14 aromatic rings. The number of benzene rings is 9. The fourth-order valence-corrected chi connectivity index (χ4v) is 12.5. The second-order valence-corrected chi connectivity index (χ2v) is 18.9. The second kappa shape index (κ2) is 13.7. The lowest BCUT2D eigenvalue weighted by atomic mass is 9.96. The zero-order valence-corrected chi connectivity index (χ0v) is 36.2. The molecule has 0 saturated carbocycles. The van der Waals surface area contributed by atoms with Crippen molar-refractivity contribution in [2.45, 2.75) is 13.3 Å². The summed E-state index contributed by atoms with van der Waals surface area (Å²) >= 11 is 3.67. The van der Waals surface area contributed by atoms with Gasteiger partial charge in [0.2, 0.25) is 0 Å². The van der Waals surface area contributed by atoms with E-state index in [1.807, 2.05) is 28.7 Å². The Morgan fingerprint density at radius 3 is 1.69 bits per heavy atom. The van der Waals surface area contributed by atoms with Crippen LogP contribution in [0.5, 0.6) is 0 Å². The molecule has 0 atom stereocenters. The molecule has 0 fully saturated rings. The van der Waals surface area contributed by atoms with Crippen LogP contribution in [0.2, 0.25) is 0 Å². The number of hydrogen-bond donors (Lipinski definition) is 0. The van der Waals surface area contributed by atoms with Gasteiger partial charge in [-0.1, -0.05) is 128 Å². The summed E-state index contributed by atoms with van der Waals surface area (Å²) in [7, 11) is 0. The lowest BCUT2D eigenvalue weighted by Crippen LogP contribution is -2.03. The summed E-state index contributed by atoms with van der Waals surface area (Å²) < 4.78 is 14.4. The van der Waals surface area contributed by atoms with Gasteiger partial charge >= 0.3 is 0 Å². The molecule has 0 bridgehead atoms. The van der Waals surface area contributed by atoms with Crippen LogP contribution < -0.4 is 0 Å². The SMILES string of the molecule is CCc1c(-c2ccc3c(c2)sc2ccccc23)nc(-c2cc(-n3c4ccccc4c4cc5ccccc5cc43)cc3c2oc2ccccc23)nc1-c1ccc2c(c1)sc1ccccc12. The van der Waals surface area contributed by atoms with Crippen LogP contribution in [0.1, 0.15) is 12.5 Å². The second-order valence-electron chi connectivity index (χ2n) is 16.7. The molecule has 0 unspecified atom stereocenters. The first-order valence-corrected chi connectivity index (χ1v) is 23.4. The molecule has 0 N–H and O–H groups in total. The Morgan fingerprint density at radius 2 is 1.02 bits per heavy atom. The van der Waals surface area contributed by atoms with E-state index in [0.717, 1.165) is 78.7 Å². The molecule has 5 aromatic heterocycles. The first kappa shape index (κ1) is 35.9. The minimum Gasteiger partial charge on any atom is -0.455 e.